The Morgan fingerprint density at radius 3 is 2.62 bits per heavy atom. The van der Waals surface area contributed by atoms with E-state index in [9.17, 15) is 23.5 Å². The van der Waals surface area contributed by atoms with E-state index in [4.69, 9.17) is 15.2 Å². The number of nitrogens with one attached hydrogen (secondary N) is 2. The van der Waals surface area contributed by atoms with E-state index < -0.39 is 29.6 Å². The Bertz CT molecular complexity index is 1370. The summed E-state index contributed by atoms with van der Waals surface area (Å²) in [5.41, 5.74) is 10.7. The summed E-state index contributed by atoms with van der Waals surface area (Å²) in [6, 6.07) is 3.70. The Balaban J connectivity index is 0.000000259. The number of allylic oxidation sites excluding steroid dienone is 1. The third kappa shape index (κ3) is 5.60. The fraction of sp³-hybridized carbons (Fsp3) is 0.483. The first kappa shape index (κ1) is 29.2. The molecule has 5 N–H and O–H groups in total. The molecule has 0 saturated heterocycles. The second-order valence-electron chi connectivity index (χ2n) is 10.6. The predicted octanol–water partition coefficient (Wildman–Crippen LogP) is 2.69. The van der Waals surface area contributed by atoms with Gasteiger partial charge in [-0.2, -0.15) is 8.78 Å². The fourth-order valence-corrected chi connectivity index (χ4v) is 5.38. The molecule has 2 heterocycles. The van der Waals surface area contributed by atoms with Gasteiger partial charge in [0.1, 0.15) is 17.5 Å². The van der Waals surface area contributed by atoms with Crippen LogP contribution < -0.4 is 21.1 Å². The van der Waals surface area contributed by atoms with E-state index in [0.29, 0.717) is 30.8 Å². The van der Waals surface area contributed by atoms with Gasteiger partial charge in [-0.3, -0.25) is 14.9 Å². The molecule has 2 aliphatic heterocycles. The number of aliphatic hydroxyl groups excluding tert-OH is 1. The molecule has 0 saturated carbocycles. The third-order valence-electron chi connectivity index (χ3n) is 7.63. The number of hydrogen-bond donors (Lipinski definition) is 4. The summed E-state index contributed by atoms with van der Waals surface area (Å²) >= 11 is 0. The second-order valence-corrected chi connectivity index (χ2v) is 10.6. The van der Waals surface area contributed by atoms with Crippen molar-refractivity contribution in [2.45, 2.75) is 75.7 Å². The zero-order valence-electron chi connectivity index (χ0n) is 22.9. The monoisotopic (exact) mass is 556 g/mol. The summed E-state index contributed by atoms with van der Waals surface area (Å²) in [6.45, 7) is 6.37. The Labute approximate surface area is 231 Å². The van der Waals surface area contributed by atoms with Crippen LogP contribution in [0.3, 0.4) is 0 Å². The van der Waals surface area contributed by atoms with E-state index in [0.717, 1.165) is 24.5 Å². The predicted molar refractivity (Wildman–Crippen MR) is 144 cm³/mol. The number of methoxy groups -OCH3 is 1. The van der Waals surface area contributed by atoms with Gasteiger partial charge >= 0.3 is 5.92 Å². The fourth-order valence-electron chi connectivity index (χ4n) is 5.38. The number of carbonyl (C=O) groups is 2. The average Bonchev–Trinajstić information content (AvgIpc) is 3.34. The van der Waals surface area contributed by atoms with Gasteiger partial charge in [-0.15, -0.1) is 0 Å². The molecule has 0 spiro atoms. The maximum atomic E-state index is 14.3. The Morgan fingerprint density at radius 2 is 1.98 bits per heavy atom. The number of guanidine groups is 1. The van der Waals surface area contributed by atoms with Crippen LogP contribution in [-0.4, -0.2) is 65.8 Å². The number of fused-ring (bicyclic) bond motifs is 1. The number of aliphatic hydroxyl groups is 1. The number of alkyl halides is 2. The number of nitrogens with zero attached hydrogens (tertiary/aromatic N) is 1. The molecule has 3 atom stereocenters. The van der Waals surface area contributed by atoms with Crippen LogP contribution in [0.5, 0.6) is 5.75 Å². The molecule has 11 heteroatoms. The number of halogens is 2. The molecule has 2 aliphatic carbocycles. The first-order valence-corrected chi connectivity index (χ1v) is 13.1. The van der Waals surface area contributed by atoms with Crippen molar-refractivity contribution in [1.82, 2.24) is 10.6 Å². The number of aliphatic imine (C=N–C) groups is 1. The minimum absolute atomic E-state index is 0.0220. The van der Waals surface area contributed by atoms with Crippen LogP contribution in [0.15, 0.2) is 58.0 Å². The molecule has 0 aromatic heterocycles. The van der Waals surface area contributed by atoms with E-state index >= 15 is 0 Å². The lowest BCUT2D eigenvalue weighted by Gasteiger charge is -2.30. The molecule has 40 heavy (non-hydrogen) atoms. The van der Waals surface area contributed by atoms with Crippen LogP contribution in [0, 0.1) is 0 Å². The van der Waals surface area contributed by atoms with Gasteiger partial charge in [0.25, 0.3) is 5.91 Å². The molecule has 0 fully saturated rings. The summed E-state index contributed by atoms with van der Waals surface area (Å²) in [4.78, 5) is 28.1. The topological polar surface area (TPSA) is 135 Å². The molecule has 1 unspecified atom stereocenters. The molecule has 5 rings (SSSR count). The smallest absolute Gasteiger partial charge is 0.301 e. The van der Waals surface area contributed by atoms with Crippen molar-refractivity contribution in [2.75, 3.05) is 13.7 Å². The lowest BCUT2D eigenvalue weighted by molar-refractivity contribution is -0.121. The Morgan fingerprint density at radius 1 is 1.27 bits per heavy atom. The normalized spacial score (nSPS) is 26.7. The largest absolute Gasteiger partial charge is 0.485 e. The van der Waals surface area contributed by atoms with Crippen LogP contribution in [0.25, 0.3) is 0 Å². The van der Waals surface area contributed by atoms with Crippen molar-refractivity contribution < 1.29 is 33.0 Å². The molecular formula is C29H34F2N4O5. The highest BCUT2D eigenvalue weighted by atomic mass is 19.3. The van der Waals surface area contributed by atoms with Gasteiger partial charge in [0.05, 0.1) is 24.6 Å². The molecule has 0 bridgehead atoms. The lowest BCUT2D eigenvalue weighted by atomic mass is 9.88. The molecule has 0 radical (unpaired) electrons. The number of benzene rings is 1. The van der Waals surface area contributed by atoms with Crippen molar-refractivity contribution in [1.29, 1.82) is 0 Å². The standard InChI is InChI=1S/C21H19F2NO4.C8H15N3O/c1-20(11-27-2)10-13-9-12(7-8-16(13)28-20)19(26)24-17-14-5-3-4-6-15(14)21(22,23)18(17)25;1-3-8(4-2)5-6(12)10-7(9)11-8/h5-9,17-18,25H,10-11H2,1-2H3,(H,24,26);3-5H2,1-2H3,(H3,9,10,11,12)/t17?,18-,20+;/m0./s1. The van der Waals surface area contributed by atoms with E-state index in [1.54, 1.807) is 25.3 Å². The highest BCUT2D eigenvalue weighted by Gasteiger charge is 2.54. The van der Waals surface area contributed by atoms with Crippen molar-refractivity contribution in [3.8, 4) is 5.75 Å². The summed E-state index contributed by atoms with van der Waals surface area (Å²) in [5.74, 6) is -3.11. The van der Waals surface area contributed by atoms with Gasteiger partial charge < -0.3 is 25.6 Å². The summed E-state index contributed by atoms with van der Waals surface area (Å²) in [7, 11) is 1.59. The van der Waals surface area contributed by atoms with Gasteiger partial charge in [0.15, 0.2) is 5.96 Å². The van der Waals surface area contributed by atoms with E-state index in [2.05, 4.69) is 27.1 Å². The van der Waals surface area contributed by atoms with E-state index in [-0.39, 0.29) is 28.6 Å². The SMILES string of the molecule is CCC1(CC)CC(=O)NC(N)=N1.COC[C@@]1(C)Cc2cc(C(=O)NC3C4=C(C=C=C=C4)C(F)(F)[C@H]3O)ccc2O1. The van der Waals surface area contributed by atoms with E-state index in [1.165, 1.54) is 6.08 Å². The number of rotatable bonds is 6. The highest BCUT2D eigenvalue weighted by Crippen LogP contribution is 2.43. The van der Waals surface area contributed by atoms with E-state index in [1.807, 2.05) is 20.8 Å². The van der Waals surface area contributed by atoms with Crippen molar-refractivity contribution in [3.63, 3.8) is 0 Å². The molecule has 1 aromatic carbocycles. The maximum Gasteiger partial charge on any atom is 0.301 e. The number of ether oxygens (including phenoxy) is 2. The van der Waals surface area contributed by atoms with Gasteiger partial charge in [-0.25, -0.2) is 4.99 Å². The summed E-state index contributed by atoms with van der Waals surface area (Å²) in [6.07, 6.45) is 3.09. The minimum Gasteiger partial charge on any atom is -0.485 e. The van der Waals surface area contributed by atoms with Gasteiger partial charge in [-0.1, -0.05) is 25.3 Å². The first-order valence-electron chi connectivity index (χ1n) is 13.1. The van der Waals surface area contributed by atoms with Gasteiger partial charge in [0, 0.05) is 24.7 Å². The first-order chi connectivity index (χ1) is 18.9. The molecule has 9 nitrogen and oxygen atoms in total. The highest BCUT2D eigenvalue weighted by molar-refractivity contribution is 5.99. The van der Waals surface area contributed by atoms with Crippen LogP contribution >= 0.6 is 0 Å². The van der Waals surface area contributed by atoms with Crippen LogP contribution in [0.2, 0.25) is 0 Å². The molecule has 1 aromatic rings. The van der Waals surface area contributed by atoms with Crippen LogP contribution in [0.4, 0.5) is 8.78 Å². The maximum absolute atomic E-state index is 14.3. The molecule has 4 aliphatic rings. The number of carbonyl (C=O) groups excluding carboxylic acids is 2. The van der Waals surface area contributed by atoms with Crippen molar-refractivity contribution >= 4 is 17.8 Å². The zero-order valence-corrected chi connectivity index (χ0v) is 22.9. The number of nitrogens with two attached hydrogens (primary N) is 1. The summed E-state index contributed by atoms with van der Waals surface area (Å²) < 4.78 is 39.7. The van der Waals surface area contributed by atoms with Gasteiger partial charge in [0.2, 0.25) is 5.91 Å². The molecular weight excluding hydrogens is 522 g/mol. The Kier molecular flexibility index (Phi) is 8.06. The summed E-state index contributed by atoms with van der Waals surface area (Å²) in [5, 5.41) is 15.1. The molecule has 214 valence electrons. The second kappa shape index (κ2) is 11.0. The third-order valence-corrected chi connectivity index (χ3v) is 7.63. The van der Waals surface area contributed by atoms with Crippen LogP contribution in [0.1, 0.15) is 56.0 Å². The van der Waals surface area contributed by atoms with Gasteiger partial charge in [-0.05, 0) is 61.3 Å². The zero-order chi connectivity index (χ0) is 29.3. The van der Waals surface area contributed by atoms with Crippen molar-refractivity contribution in [3.05, 3.63) is 64.1 Å². The number of amides is 2. The van der Waals surface area contributed by atoms with Crippen molar-refractivity contribution in [2.24, 2.45) is 10.7 Å². The average molecular weight is 557 g/mol. The minimum atomic E-state index is -3.47. The quantitative estimate of drug-likeness (QED) is 0.398. The number of hydrogen-bond acceptors (Lipinski definition) is 7. The lowest BCUT2D eigenvalue weighted by Crippen LogP contribution is -2.48. The van der Waals surface area contributed by atoms with Crippen LogP contribution in [-0.2, 0) is 16.0 Å². The Hall–Kier alpha value is -3.75. The molecule has 2 amide bonds.